The normalized spacial score (nSPS) is 13.3. The van der Waals surface area contributed by atoms with E-state index in [0.717, 1.165) is 22.9 Å². The highest BCUT2D eigenvalue weighted by Crippen LogP contribution is 2.25. The molecule has 0 aliphatic heterocycles. The third kappa shape index (κ3) is 7.67. The Hall–Kier alpha value is -1.53. The highest BCUT2D eigenvalue weighted by atomic mass is 32.2. The smallest absolute Gasteiger partial charge is 0.270 e. The Morgan fingerprint density at radius 2 is 1.97 bits per heavy atom. The van der Waals surface area contributed by atoms with Crippen LogP contribution in [0.15, 0.2) is 10.8 Å². The van der Waals surface area contributed by atoms with Gasteiger partial charge < -0.3 is 21.5 Å². The number of amides is 2. The zero-order valence-corrected chi connectivity index (χ0v) is 19.3. The molecule has 0 aliphatic rings. The zero-order valence-electron chi connectivity index (χ0n) is 16.8. The van der Waals surface area contributed by atoms with Gasteiger partial charge in [-0.15, -0.1) is 22.7 Å². The van der Waals surface area contributed by atoms with Crippen molar-refractivity contribution in [2.45, 2.75) is 31.9 Å². The Morgan fingerprint density at radius 3 is 2.66 bits per heavy atom. The fourth-order valence-corrected chi connectivity index (χ4v) is 4.64. The minimum Gasteiger partial charge on any atom is -0.391 e. The SMILES string of the molecule is C[C@@H](O)[C@H](N)C(=O)NCCc1nc(-c2nc(C(=O)NCCC[S+](C)C)cs2)cs1. The Morgan fingerprint density at radius 1 is 1.21 bits per heavy atom. The molecule has 2 heterocycles. The summed E-state index contributed by atoms with van der Waals surface area (Å²) in [5.41, 5.74) is 6.72. The fraction of sp³-hybridized carbons (Fsp3) is 0.556. The lowest BCUT2D eigenvalue weighted by molar-refractivity contribution is -0.124. The summed E-state index contributed by atoms with van der Waals surface area (Å²) >= 11 is 2.86. The summed E-state index contributed by atoms with van der Waals surface area (Å²) in [5.74, 6) is 0.559. The largest absolute Gasteiger partial charge is 0.391 e. The van der Waals surface area contributed by atoms with Gasteiger partial charge in [0.1, 0.15) is 28.2 Å². The summed E-state index contributed by atoms with van der Waals surface area (Å²) in [4.78, 5) is 32.9. The Bertz CT molecular complexity index is 806. The first-order chi connectivity index (χ1) is 13.8. The number of carbonyl (C=O) groups is 2. The fourth-order valence-electron chi connectivity index (χ4n) is 2.30. The summed E-state index contributed by atoms with van der Waals surface area (Å²) in [6.45, 7) is 2.52. The van der Waals surface area contributed by atoms with Crippen molar-refractivity contribution in [3.8, 4) is 10.7 Å². The maximum absolute atomic E-state index is 12.2. The third-order valence-corrected chi connectivity index (χ3v) is 6.86. The number of aliphatic hydroxyl groups excluding tert-OH is 1. The predicted molar refractivity (Wildman–Crippen MR) is 121 cm³/mol. The second-order valence-corrected chi connectivity index (χ2v) is 11.0. The summed E-state index contributed by atoms with van der Waals surface area (Å²) in [6, 6.07) is -0.937. The molecule has 160 valence electrons. The van der Waals surface area contributed by atoms with Crippen molar-refractivity contribution in [2.24, 2.45) is 5.73 Å². The van der Waals surface area contributed by atoms with E-state index in [1.165, 1.54) is 29.6 Å². The van der Waals surface area contributed by atoms with Gasteiger partial charge in [-0.2, -0.15) is 0 Å². The van der Waals surface area contributed by atoms with E-state index in [1.54, 1.807) is 5.38 Å². The lowest BCUT2D eigenvalue weighted by atomic mass is 10.2. The lowest BCUT2D eigenvalue weighted by Crippen LogP contribution is -2.47. The number of nitrogens with one attached hydrogen (secondary N) is 2. The molecule has 0 bridgehead atoms. The van der Waals surface area contributed by atoms with Crippen LogP contribution in [0.25, 0.3) is 10.7 Å². The predicted octanol–water partition coefficient (Wildman–Crippen LogP) is 0.631. The van der Waals surface area contributed by atoms with Crippen LogP contribution in [-0.4, -0.2) is 70.4 Å². The molecule has 29 heavy (non-hydrogen) atoms. The average Bonchev–Trinajstić information content (AvgIpc) is 3.33. The van der Waals surface area contributed by atoms with Gasteiger partial charge in [0.15, 0.2) is 0 Å². The number of carbonyl (C=O) groups excluding carboxylic acids is 2. The molecular formula is C18H28N5O3S3+. The second-order valence-electron chi connectivity index (χ2n) is 6.77. The van der Waals surface area contributed by atoms with E-state index in [4.69, 9.17) is 5.73 Å². The molecule has 0 fully saturated rings. The van der Waals surface area contributed by atoms with Crippen LogP contribution in [0.2, 0.25) is 0 Å². The summed E-state index contributed by atoms with van der Waals surface area (Å²) in [7, 11) is 0.384. The highest BCUT2D eigenvalue weighted by Gasteiger charge is 2.18. The molecular weight excluding hydrogens is 430 g/mol. The van der Waals surface area contributed by atoms with E-state index in [0.29, 0.717) is 41.1 Å². The Balaban J connectivity index is 1.83. The maximum atomic E-state index is 12.2. The minimum atomic E-state index is -0.937. The van der Waals surface area contributed by atoms with Gasteiger partial charge in [-0.1, -0.05) is 0 Å². The van der Waals surface area contributed by atoms with Crippen molar-refractivity contribution in [3.05, 3.63) is 21.5 Å². The van der Waals surface area contributed by atoms with Crippen LogP contribution in [0.3, 0.4) is 0 Å². The van der Waals surface area contributed by atoms with E-state index in [2.05, 4.69) is 33.1 Å². The van der Waals surface area contributed by atoms with Crippen LogP contribution in [-0.2, 0) is 22.1 Å². The number of thiazole rings is 2. The molecule has 8 nitrogen and oxygen atoms in total. The molecule has 0 radical (unpaired) electrons. The molecule has 11 heteroatoms. The van der Waals surface area contributed by atoms with Crippen LogP contribution >= 0.6 is 22.7 Å². The monoisotopic (exact) mass is 458 g/mol. The van der Waals surface area contributed by atoms with E-state index in [9.17, 15) is 14.7 Å². The Labute approximate surface area is 181 Å². The van der Waals surface area contributed by atoms with Gasteiger partial charge in [0.2, 0.25) is 5.91 Å². The van der Waals surface area contributed by atoms with Crippen molar-refractivity contribution in [2.75, 3.05) is 31.4 Å². The molecule has 0 aromatic carbocycles. The van der Waals surface area contributed by atoms with E-state index in [-0.39, 0.29) is 11.8 Å². The summed E-state index contributed by atoms with van der Waals surface area (Å²) < 4.78 is 0. The number of hydrogen-bond acceptors (Lipinski definition) is 8. The molecule has 2 atom stereocenters. The van der Waals surface area contributed by atoms with Gasteiger partial charge in [-0.05, 0) is 17.8 Å². The minimum absolute atomic E-state index is 0.160. The van der Waals surface area contributed by atoms with Gasteiger partial charge in [-0.3, -0.25) is 9.59 Å². The van der Waals surface area contributed by atoms with Gasteiger partial charge in [0.25, 0.3) is 5.91 Å². The lowest BCUT2D eigenvalue weighted by Gasteiger charge is -2.13. The molecule has 0 unspecified atom stereocenters. The molecule has 0 spiro atoms. The molecule has 5 N–H and O–H groups in total. The number of nitrogens with zero attached hydrogens (tertiary/aromatic N) is 2. The second kappa shape index (κ2) is 11.6. The zero-order chi connectivity index (χ0) is 21.4. The summed E-state index contributed by atoms with van der Waals surface area (Å²) in [5, 5.41) is 20.1. The van der Waals surface area contributed by atoms with Crippen molar-refractivity contribution in [3.63, 3.8) is 0 Å². The van der Waals surface area contributed by atoms with Crippen LogP contribution in [0, 0.1) is 0 Å². The first-order valence-corrected chi connectivity index (χ1v) is 13.2. The van der Waals surface area contributed by atoms with Gasteiger partial charge in [0, 0.05) is 36.7 Å². The molecule has 2 aromatic heterocycles. The van der Waals surface area contributed by atoms with Crippen LogP contribution < -0.4 is 16.4 Å². The van der Waals surface area contributed by atoms with E-state index in [1.807, 2.05) is 5.38 Å². The molecule has 2 aromatic rings. The summed E-state index contributed by atoms with van der Waals surface area (Å²) in [6.07, 6.45) is 5.00. The van der Waals surface area contributed by atoms with Crippen molar-refractivity contribution in [1.29, 1.82) is 0 Å². The molecule has 2 rings (SSSR count). The van der Waals surface area contributed by atoms with Gasteiger partial charge in [-0.25, -0.2) is 9.97 Å². The van der Waals surface area contributed by atoms with Gasteiger partial charge in [0.05, 0.1) is 23.6 Å². The average molecular weight is 459 g/mol. The number of hydrogen-bond donors (Lipinski definition) is 4. The van der Waals surface area contributed by atoms with Crippen molar-refractivity contribution in [1.82, 2.24) is 20.6 Å². The number of aromatic nitrogens is 2. The first-order valence-electron chi connectivity index (χ1n) is 9.22. The van der Waals surface area contributed by atoms with Crippen LogP contribution in [0.5, 0.6) is 0 Å². The van der Waals surface area contributed by atoms with E-state index < -0.39 is 12.1 Å². The van der Waals surface area contributed by atoms with E-state index >= 15 is 0 Å². The topological polar surface area (TPSA) is 130 Å². The quantitative estimate of drug-likeness (QED) is 0.289. The van der Waals surface area contributed by atoms with Crippen molar-refractivity contribution < 1.29 is 14.7 Å². The highest BCUT2D eigenvalue weighted by molar-refractivity contribution is 7.95. The number of aliphatic hydroxyl groups is 1. The van der Waals surface area contributed by atoms with Gasteiger partial charge >= 0.3 is 0 Å². The molecule has 0 saturated heterocycles. The number of nitrogens with two attached hydrogens (primary N) is 1. The Kier molecular flexibility index (Phi) is 9.50. The molecule has 2 amide bonds. The van der Waals surface area contributed by atoms with Crippen LogP contribution in [0.4, 0.5) is 0 Å². The molecule has 0 saturated carbocycles. The standard InChI is InChI=1S/C18H27N5O3S3/c1-11(24)15(19)17(26)21-7-5-14-22-13(10-27-14)18-23-12(9-28-18)16(25)20-6-4-8-29(2)3/h9-11,15,24H,4-8,19H2,1-3H3,(H-,20,21,25,26)/p+1/t11-,15+/m1/s1. The van der Waals surface area contributed by atoms with Crippen molar-refractivity contribution >= 4 is 45.4 Å². The third-order valence-electron chi connectivity index (χ3n) is 3.98. The first kappa shape index (κ1) is 23.7. The van der Waals surface area contributed by atoms with Crippen LogP contribution in [0.1, 0.15) is 28.8 Å². The number of rotatable bonds is 11. The maximum Gasteiger partial charge on any atom is 0.270 e. The molecule has 0 aliphatic carbocycles.